The predicted octanol–water partition coefficient (Wildman–Crippen LogP) is 2.35. The number of benzene rings is 1. The highest BCUT2D eigenvalue weighted by Gasteiger charge is 2.58. The average molecular weight is 231 g/mol. The van der Waals surface area contributed by atoms with Crippen molar-refractivity contribution in [1.29, 1.82) is 0 Å². The number of hydrogen-bond acceptors (Lipinski definition) is 2. The van der Waals surface area contributed by atoms with Crippen molar-refractivity contribution in [2.45, 2.75) is 55.6 Å². The van der Waals surface area contributed by atoms with Crippen LogP contribution in [0.25, 0.3) is 0 Å². The normalized spacial score (nSPS) is 35.5. The van der Waals surface area contributed by atoms with E-state index in [4.69, 9.17) is 5.73 Å². The van der Waals surface area contributed by atoms with E-state index >= 15 is 0 Å². The third-order valence-corrected chi connectivity index (χ3v) is 4.88. The zero-order valence-electron chi connectivity index (χ0n) is 10.2. The number of hydrogen-bond donors (Lipinski definition) is 2. The topological polar surface area (TPSA) is 46.2 Å². The molecular weight excluding hydrogens is 210 g/mol. The van der Waals surface area contributed by atoms with Crippen molar-refractivity contribution in [2.24, 2.45) is 5.73 Å². The molecule has 1 aromatic rings. The molecule has 0 spiro atoms. The molecule has 92 valence electrons. The Morgan fingerprint density at radius 3 is 2.12 bits per heavy atom. The second-order valence-electron chi connectivity index (χ2n) is 5.84. The van der Waals surface area contributed by atoms with E-state index in [1.165, 1.54) is 18.4 Å². The summed E-state index contributed by atoms with van der Waals surface area (Å²) in [5, 5.41) is 9.64. The molecule has 2 nitrogen and oxygen atoms in total. The third kappa shape index (κ3) is 1.71. The highest BCUT2D eigenvalue weighted by Crippen LogP contribution is 2.58. The zero-order valence-corrected chi connectivity index (χ0v) is 10.2. The maximum absolute atomic E-state index is 9.64. The van der Waals surface area contributed by atoms with Crippen molar-refractivity contribution in [3.63, 3.8) is 0 Å². The van der Waals surface area contributed by atoms with Gasteiger partial charge in [0.25, 0.3) is 0 Å². The molecular formula is C15H21NO. The second kappa shape index (κ2) is 3.82. The van der Waals surface area contributed by atoms with Gasteiger partial charge >= 0.3 is 0 Å². The molecule has 2 heteroatoms. The summed E-state index contributed by atoms with van der Waals surface area (Å²) in [6.07, 6.45) is 5.95. The molecule has 3 N–H and O–H groups in total. The minimum absolute atomic E-state index is 0.0897. The lowest BCUT2D eigenvalue weighted by molar-refractivity contribution is 0.0834. The Hall–Kier alpha value is -0.860. The minimum atomic E-state index is -0.127. The van der Waals surface area contributed by atoms with Crippen LogP contribution >= 0.6 is 0 Å². The summed E-state index contributed by atoms with van der Waals surface area (Å²) in [6, 6.07) is 10.7. The lowest BCUT2D eigenvalue weighted by Crippen LogP contribution is -2.53. The SMILES string of the molecule is NC1(C2(c3ccccc3)CC2)CCC(O)CC1. The van der Waals surface area contributed by atoms with E-state index in [1.54, 1.807) is 0 Å². The lowest BCUT2D eigenvalue weighted by Gasteiger charge is -2.43. The largest absolute Gasteiger partial charge is 0.393 e. The van der Waals surface area contributed by atoms with Gasteiger partial charge in [-0.2, -0.15) is 0 Å². The van der Waals surface area contributed by atoms with Gasteiger partial charge in [0.1, 0.15) is 0 Å². The fraction of sp³-hybridized carbons (Fsp3) is 0.600. The van der Waals surface area contributed by atoms with E-state index < -0.39 is 0 Å². The molecule has 2 aliphatic carbocycles. The van der Waals surface area contributed by atoms with Crippen LogP contribution < -0.4 is 5.73 Å². The maximum Gasteiger partial charge on any atom is 0.0541 e. The molecule has 1 aromatic carbocycles. The summed E-state index contributed by atoms with van der Waals surface area (Å²) in [5.41, 5.74) is 8.20. The average Bonchev–Trinajstić information content (AvgIpc) is 3.16. The van der Waals surface area contributed by atoms with Crippen molar-refractivity contribution in [3.05, 3.63) is 35.9 Å². The highest BCUT2D eigenvalue weighted by atomic mass is 16.3. The van der Waals surface area contributed by atoms with Gasteiger partial charge in [0.15, 0.2) is 0 Å². The van der Waals surface area contributed by atoms with Crippen molar-refractivity contribution < 1.29 is 5.11 Å². The third-order valence-electron chi connectivity index (χ3n) is 4.88. The van der Waals surface area contributed by atoms with Crippen molar-refractivity contribution >= 4 is 0 Å². The van der Waals surface area contributed by atoms with Crippen LogP contribution in [0.15, 0.2) is 30.3 Å². The smallest absolute Gasteiger partial charge is 0.0541 e. The van der Waals surface area contributed by atoms with Crippen LogP contribution in [0.4, 0.5) is 0 Å². The van der Waals surface area contributed by atoms with E-state index in [1.807, 2.05) is 0 Å². The van der Waals surface area contributed by atoms with E-state index in [2.05, 4.69) is 30.3 Å². The quantitative estimate of drug-likeness (QED) is 0.820. The molecule has 0 heterocycles. The molecule has 3 rings (SSSR count). The molecule has 2 aliphatic rings. The van der Waals surface area contributed by atoms with E-state index in [9.17, 15) is 5.11 Å². The Bertz CT molecular complexity index is 389. The fourth-order valence-electron chi connectivity index (χ4n) is 3.55. The van der Waals surface area contributed by atoms with Crippen LogP contribution in [0.1, 0.15) is 44.1 Å². The van der Waals surface area contributed by atoms with Crippen LogP contribution in [0, 0.1) is 0 Å². The number of aliphatic hydroxyl groups is 1. The van der Waals surface area contributed by atoms with Crippen LogP contribution in [0.3, 0.4) is 0 Å². The summed E-state index contributed by atoms with van der Waals surface area (Å²) >= 11 is 0. The molecule has 0 amide bonds. The van der Waals surface area contributed by atoms with Crippen molar-refractivity contribution in [3.8, 4) is 0 Å². The van der Waals surface area contributed by atoms with Gasteiger partial charge in [0, 0.05) is 11.0 Å². The molecule has 2 fully saturated rings. The first-order valence-corrected chi connectivity index (χ1v) is 6.69. The molecule has 0 aromatic heterocycles. The van der Waals surface area contributed by atoms with Crippen molar-refractivity contribution in [2.75, 3.05) is 0 Å². The minimum Gasteiger partial charge on any atom is -0.393 e. The second-order valence-corrected chi connectivity index (χ2v) is 5.84. The fourth-order valence-corrected chi connectivity index (χ4v) is 3.55. The van der Waals surface area contributed by atoms with Crippen LogP contribution in [0.5, 0.6) is 0 Å². The van der Waals surface area contributed by atoms with Crippen LogP contribution in [0.2, 0.25) is 0 Å². The zero-order chi connectivity index (χ0) is 11.9. The van der Waals surface area contributed by atoms with Gasteiger partial charge in [-0.25, -0.2) is 0 Å². The van der Waals surface area contributed by atoms with Gasteiger partial charge in [0.05, 0.1) is 6.10 Å². The van der Waals surface area contributed by atoms with Crippen LogP contribution in [-0.4, -0.2) is 16.7 Å². The van der Waals surface area contributed by atoms with Gasteiger partial charge in [-0.05, 0) is 44.1 Å². The summed E-state index contributed by atoms with van der Waals surface area (Å²) in [7, 11) is 0. The predicted molar refractivity (Wildman–Crippen MR) is 68.7 cm³/mol. The maximum atomic E-state index is 9.64. The van der Waals surface area contributed by atoms with E-state index in [0.29, 0.717) is 0 Å². The molecule has 0 atom stereocenters. The monoisotopic (exact) mass is 231 g/mol. The number of rotatable bonds is 2. The molecule has 0 bridgehead atoms. The van der Waals surface area contributed by atoms with Crippen LogP contribution in [-0.2, 0) is 5.41 Å². The summed E-state index contributed by atoms with van der Waals surface area (Å²) in [4.78, 5) is 0. The van der Waals surface area contributed by atoms with Gasteiger partial charge in [0.2, 0.25) is 0 Å². The number of aliphatic hydroxyl groups excluding tert-OH is 1. The van der Waals surface area contributed by atoms with Gasteiger partial charge in [-0.3, -0.25) is 0 Å². The molecule has 0 unspecified atom stereocenters. The summed E-state index contributed by atoms with van der Waals surface area (Å²) in [5.74, 6) is 0. The van der Waals surface area contributed by atoms with Gasteiger partial charge in [-0.15, -0.1) is 0 Å². The Balaban J connectivity index is 1.88. The number of nitrogens with two attached hydrogens (primary N) is 1. The molecule has 0 radical (unpaired) electrons. The first-order chi connectivity index (χ1) is 8.16. The Labute approximate surface area is 103 Å². The van der Waals surface area contributed by atoms with Crippen molar-refractivity contribution in [1.82, 2.24) is 0 Å². The first kappa shape index (κ1) is 11.2. The van der Waals surface area contributed by atoms with Gasteiger partial charge < -0.3 is 10.8 Å². The Kier molecular flexibility index (Phi) is 2.53. The molecule has 0 aliphatic heterocycles. The van der Waals surface area contributed by atoms with E-state index in [-0.39, 0.29) is 17.1 Å². The first-order valence-electron chi connectivity index (χ1n) is 6.69. The molecule has 2 saturated carbocycles. The standard InChI is InChI=1S/C15H21NO/c16-15(8-6-13(17)7-9-15)14(10-11-14)12-4-2-1-3-5-12/h1-5,13,17H,6-11,16H2. The molecule has 17 heavy (non-hydrogen) atoms. The van der Waals surface area contributed by atoms with Gasteiger partial charge in [-0.1, -0.05) is 30.3 Å². The summed E-state index contributed by atoms with van der Waals surface area (Å²) in [6.45, 7) is 0. The highest BCUT2D eigenvalue weighted by molar-refractivity contribution is 5.37. The Morgan fingerprint density at radius 2 is 1.59 bits per heavy atom. The summed E-state index contributed by atoms with van der Waals surface area (Å²) < 4.78 is 0. The lowest BCUT2D eigenvalue weighted by atomic mass is 9.68. The Morgan fingerprint density at radius 1 is 1.00 bits per heavy atom. The molecule has 0 saturated heterocycles. The van der Waals surface area contributed by atoms with E-state index in [0.717, 1.165) is 25.7 Å².